The van der Waals surface area contributed by atoms with Crippen LogP contribution in [0.15, 0.2) is 18.2 Å². The zero-order valence-corrected chi connectivity index (χ0v) is 12.7. The van der Waals surface area contributed by atoms with Crippen molar-refractivity contribution in [3.05, 3.63) is 38.9 Å². The fourth-order valence-corrected chi connectivity index (χ4v) is 4.20. The third kappa shape index (κ3) is 3.33. The van der Waals surface area contributed by atoms with E-state index in [0.717, 1.165) is 6.07 Å². The van der Waals surface area contributed by atoms with E-state index in [4.69, 9.17) is 11.6 Å². The Morgan fingerprint density at radius 1 is 1.48 bits per heavy atom. The average Bonchev–Trinajstić information content (AvgIpc) is 2.77. The van der Waals surface area contributed by atoms with Gasteiger partial charge in [0.2, 0.25) is 0 Å². The maximum Gasteiger partial charge on any atom is 0.270 e. The summed E-state index contributed by atoms with van der Waals surface area (Å²) >= 11 is 5.91. The van der Waals surface area contributed by atoms with Crippen molar-refractivity contribution in [2.45, 2.75) is 12.5 Å². The molecule has 0 radical (unpaired) electrons. The molecule has 9 heteroatoms. The largest absolute Gasteiger partial charge is 0.338 e. The topological polar surface area (TPSA) is 97.6 Å². The number of sulfone groups is 1. The van der Waals surface area contributed by atoms with Crippen LogP contribution in [0.1, 0.15) is 16.8 Å². The second-order valence-electron chi connectivity index (χ2n) is 4.89. The number of hydrogen-bond acceptors (Lipinski definition) is 5. The van der Waals surface area contributed by atoms with Gasteiger partial charge in [0, 0.05) is 25.2 Å². The van der Waals surface area contributed by atoms with Crippen LogP contribution in [0.3, 0.4) is 0 Å². The lowest BCUT2D eigenvalue weighted by atomic mass is 10.1. The maximum absolute atomic E-state index is 12.4. The normalized spacial score (nSPS) is 20.2. The molecule has 1 unspecified atom stereocenters. The van der Waals surface area contributed by atoms with Crippen molar-refractivity contribution in [3.63, 3.8) is 0 Å². The van der Waals surface area contributed by atoms with E-state index in [1.165, 1.54) is 24.1 Å². The summed E-state index contributed by atoms with van der Waals surface area (Å²) in [5, 5.41) is 10.9. The molecule has 0 spiro atoms. The van der Waals surface area contributed by atoms with E-state index in [9.17, 15) is 23.3 Å². The number of amides is 1. The van der Waals surface area contributed by atoms with Gasteiger partial charge >= 0.3 is 0 Å². The summed E-state index contributed by atoms with van der Waals surface area (Å²) in [4.78, 5) is 23.8. The molecule has 1 aliphatic rings. The standard InChI is InChI=1S/C12H13ClN2O5S/c1-14(9-4-5-21(19,20)7-9)12(16)10-6-8(15(17)18)2-3-11(10)13/h2-3,6,9H,4-5,7H2,1H3. The van der Waals surface area contributed by atoms with Crippen molar-refractivity contribution in [2.75, 3.05) is 18.6 Å². The highest BCUT2D eigenvalue weighted by molar-refractivity contribution is 7.91. The summed E-state index contributed by atoms with van der Waals surface area (Å²) < 4.78 is 22.9. The second kappa shape index (κ2) is 5.61. The first-order valence-electron chi connectivity index (χ1n) is 6.13. The van der Waals surface area contributed by atoms with E-state index in [1.807, 2.05) is 0 Å². The first kappa shape index (κ1) is 15.7. The van der Waals surface area contributed by atoms with Gasteiger partial charge in [0.25, 0.3) is 11.6 Å². The number of nitro groups is 1. The molecule has 1 atom stereocenters. The number of carbonyl (C=O) groups excluding carboxylic acids is 1. The van der Waals surface area contributed by atoms with Crippen LogP contribution in [-0.2, 0) is 9.84 Å². The zero-order valence-electron chi connectivity index (χ0n) is 11.2. The molecule has 0 saturated carbocycles. The third-order valence-electron chi connectivity index (χ3n) is 3.47. The molecule has 0 N–H and O–H groups in total. The number of hydrogen-bond donors (Lipinski definition) is 0. The van der Waals surface area contributed by atoms with E-state index >= 15 is 0 Å². The Hall–Kier alpha value is -1.67. The van der Waals surface area contributed by atoms with E-state index in [0.29, 0.717) is 6.42 Å². The van der Waals surface area contributed by atoms with Gasteiger partial charge in [-0.05, 0) is 12.5 Å². The van der Waals surface area contributed by atoms with Gasteiger partial charge in [0.05, 0.1) is 27.0 Å². The SMILES string of the molecule is CN(C(=O)c1cc([N+](=O)[O-])ccc1Cl)C1CCS(=O)(=O)C1. The van der Waals surface area contributed by atoms with E-state index in [-0.39, 0.29) is 27.8 Å². The van der Waals surface area contributed by atoms with Gasteiger partial charge < -0.3 is 4.90 Å². The number of halogens is 1. The quantitative estimate of drug-likeness (QED) is 0.617. The summed E-state index contributed by atoms with van der Waals surface area (Å²) in [6, 6.07) is 3.16. The lowest BCUT2D eigenvalue weighted by molar-refractivity contribution is -0.384. The van der Waals surface area contributed by atoms with Gasteiger partial charge in [-0.15, -0.1) is 0 Å². The van der Waals surface area contributed by atoms with E-state index in [1.54, 1.807) is 0 Å². The first-order valence-corrected chi connectivity index (χ1v) is 8.33. The van der Waals surface area contributed by atoms with Crippen LogP contribution in [0.2, 0.25) is 5.02 Å². The Balaban J connectivity index is 2.27. The van der Waals surface area contributed by atoms with Crippen LogP contribution in [0.25, 0.3) is 0 Å². The summed E-state index contributed by atoms with van der Waals surface area (Å²) in [5.74, 6) is -0.578. The first-order chi connectivity index (χ1) is 9.71. The van der Waals surface area contributed by atoms with Gasteiger partial charge in [0.1, 0.15) is 0 Å². The molecule has 1 fully saturated rings. The lowest BCUT2D eigenvalue weighted by Crippen LogP contribution is -2.38. The Bertz CT molecular complexity index is 704. The van der Waals surface area contributed by atoms with Crippen LogP contribution in [0.5, 0.6) is 0 Å². The van der Waals surface area contributed by atoms with Crippen molar-refractivity contribution in [3.8, 4) is 0 Å². The second-order valence-corrected chi connectivity index (χ2v) is 7.53. The number of non-ortho nitro benzene ring substituents is 1. The fraction of sp³-hybridized carbons (Fsp3) is 0.417. The minimum Gasteiger partial charge on any atom is -0.338 e. The maximum atomic E-state index is 12.4. The van der Waals surface area contributed by atoms with E-state index < -0.39 is 26.7 Å². The molecule has 1 aromatic rings. The molecule has 0 aromatic heterocycles. The molecule has 1 heterocycles. The lowest BCUT2D eigenvalue weighted by Gasteiger charge is -2.23. The number of nitro benzene ring substituents is 1. The minimum absolute atomic E-state index is 0.00216. The van der Waals surface area contributed by atoms with Crippen molar-refractivity contribution in [1.29, 1.82) is 0 Å². The number of rotatable bonds is 3. The minimum atomic E-state index is -3.12. The predicted octanol–water partition coefficient (Wildman–Crippen LogP) is 1.51. The average molecular weight is 333 g/mol. The summed E-state index contributed by atoms with van der Waals surface area (Å²) in [5.41, 5.74) is -0.243. The highest BCUT2D eigenvalue weighted by atomic mass is 35.5. The Morgan fingerprint density at radius 3 is 2.67 bits per heavy atom. The van der Waals surface area contributed by atoms with Crippen LogP contribution in [0, 0.1) is 10.1 Å². The molecule has 114 valence electrons. The van der Waals surface area contributed by atoms with Crippen LogP contribution in [-0.4, -0.2) is 48.7 Å². The van der Waals surface area contributed by atoms with Crippen molar-refractivity contribution < 1.29 is 18.1 Å². The summed E-state index contributed by atoms with van der Waals surface area (Å²) in [6.45, 7) is 0. The number of nitrogens with zero attached hydrogens (tertiary/aromatic N) is 2. The smallest absolute Gasteiger partial charge is 0.270 e. The Kier molecular flexibility index (Phi) is 4.20. The molecule has 21 heavy (non-hydrogen) atoms. The van der Waals surface area contributed by atoms with Crippen molar-refractivity contribution in [1.82, 2.24) is 4.90 Å². The monoisotopic (exact) mass is 332 g/mol. The molecule has 0 aliphatic carbocycles. The summed E-state index contributed by atoms with van der Waals surface area (Å²) in [7, 11) is -1.65. The van der Waals surface area contributed by atoms with Gasteiger partial charge in [-0.25, -0.2) is 8.42 Å². The van der Waals surface area contributed by atoms with Crippen LogP contribution in [0.4, 0.5) is 5.69 Å². The Labute approximate surface area is 126 Å². The molecular formula is C12H13ClN2O5S. The fourth-order valence-electron chi connectivity index (χ4n) is 2.23. The van der Waals surface area contributed by atoms with Gasteiger partial charge in [-0.3, -0.25) is 14.9 Å². The zero-order chi connectivity index (χ0) is 15.8. The molecule has 1 amide bonds. The molecule has 1 aromatic carbocycles. The molecule has 7 nitrogen and oxygen atoms in total. The van der Waals surface area contributed by atoms with Gasteiger partial charge in [-0.2, -0.15) is 0 Å². The number of carbonyl (C=O) groups is 1. The third-order valence-corrected chi connectivity index (χ3v) is 5.55. The highest BCUT2D eigenvalue weighted by Crippen LogP contribution is 2.25. The van der Waals surface area contributed by atoms with Crippen LogP contribution < -0.4 is 0 Å². The van der Waals surface area contributed by atoms with Crippen molar-refractivity contribution >= 4 is 33.0 Å². The van der Waals surface area contributed by atoms with Gasteiger partial charge in [-0.1, -0.05) is 11.6 Å². The number of benzene rings is 1. The Morgan fingerprint density at radius 2 is 2.14 bits per heavy atom. The molecule has 1 aliphatic heterocycles. The summed E-state index contributed by atoms with van der Waals surface area (Å²) in [6.07, 6.45) is 0.358. The van der Waals surface area contributed by atoms with E-state index in [2.05, 4.69) is 0 Å². The predicted molar refractivity (Wildman–Crippen MR) is 77.3 cm³/mol. The van der Waals surface area contributed by atoms with Crippen molar-refractivity contribution in [2.24, 2.45) is 0 Å². The highest BCUT2D eigenvalue weighted by Gasteiger charge is 2.33. The van der Waals surface area contributed by atoms with Gasteiger partial charge in [0.15, 0.2) is 9.84 Å². The molecule has 0 bridgehead atoms. The van der Waals surface area contributed by atoms with Crippen LogP contribution >= 0.6 is 11.6 Å². The molecule has 1 saturated heterocycles. The molecule has 2 rings (SSSR count). The molecular weight excluding hydrogens is 320 g/mol.